The van der Waals surface area contributed by atoms with E-state index in [-0.39, 0.29) is 0 Å². The lowest BCUT2D eigenvalue weighted by molar-refractivity contribution is 1.24. The van der Waals surface area contributed by atoms with E-state index >= 15 is 0 Å². The highest BCUT2D eigenvalue weighted by Gasteiger charge is 1.99. The molecule has 0 unspecified atom stereocenters. The minimum atomic E-state index is 1.05. The van der Waals surface area contributed by atoms with Crippen LogP contribution in [-0.2, 0) is 0 Å². The van der Waals surface area contributed by atoms with Crippen LogP contribution in [0.2, 0.25) is 0 Å². The molecule has 1 aromatic rings. The molecule has 12 heavy (non-hydrogen) atoms. The zero-order valence-electron chi connectivity index (χ0n) is 7.12. The van der Waals surface area contributed by atoms with Crippen molar-refractivity contribution in [2.45, 2.75) is 13.3 Å². The van der Waals surface area contributed by atoms with Crippen molar-refractivity contribution in [3.63, 3.8) is 0 Å². The van der Waals surface area contributed by atoms with Gasteiger partial charge in [0, 0.05) is 12.4 Å². The molecule has 1 nitrogen and oxygen atoms in total. The van der Waals surface area contributed by atoms with Crippen molar-refractivity contribution >= 4 is 12.2 Å². The maximum absolute atomic E-state index is 4.08. The molecule has 0 fully saturated rings. The molecule has 1 aromatic heterocycles. The normalized spacial score (nSPS) is 14.9. The van der Waals surface area contributed by atoms with Crippen molar-refractivity contribution in [3.05, 3.63) is 41.2 Å². The quantitative estimate of drug-likeness (QED) is 0.564. The molecule has 0 spiro atoms. The topological polar surface area (TPSA) is 12.9 Å². The van der Waals surface area contributed by atoms with E-state index in [0.29, 0.717) is 0 Å². The maximum Gasteiger partial charge on any atom is 0.0346 e. The van der Waals surface area contributed by atoms with Crippen LogP contribution in [0.3, 0.4) is 0 Å². The van der Waals surface area contributed by atoms with E-state index in [9.17, 15) is 0 Å². The second-order valence-electron chi connectivity index (χ2n) is 3.10. The van der Waals surface area contributed by atoms with Gasteiger partial charge in [-0.2, -0.15) is 0 Å². The molecule has 0 radical (unpaired) electrons. The molecule has 0 atom stereocenters. The zero-order chi connectivity index (χ0) is 8.39. The number of pyridine rings is 1. The standard InChI is InChI=1S/C11H11N/c1-9-3-2-4-11-8-12-6-5-10(11)7-9/h2,4-8H,3H2,1H3. The summed E-state index contributed by atoms with van der Waals surface area (Å²) in [5, 5.41) is 0. The lowest BCUT2D eigenvalue weighted by Gasteiger charge is -1.97. The van der Waals surface area contributed by atoms with Crippen molar-refractivity contribution in [1.29, 1.82) is 0 Å². The first-order valence-electron chi connectivity index (χ1n) is 4.14. The van der Waals surface area contributed by atoms with Crippen LogP contribution < -0.4 is 0 Å². The summed E-state index contributed by atoms with van der Waals surface area (Å²) in [5.74, 6) is 0. The highest BCUT2D eigenvalue weighted by molar-refractivity contribution is 5.67. The summed E-state index contributed by atoms with van der Waals surface area (Å²) in [6.07, 6.45) is 11.3. The first-order chi connectivity index (χ1) is 5.86. The van der Waals surface area contributed by atoms with Crippen molar-refractivity contribution in [2.24, 2.45) is 0 Å². The Hall–Kier alpha value is -1.37. The molecule has 0 bridgehead atoms. The maximum atomic E-state index is 4.08. The molecule has 0 saturated heterocycles. The van der Waals surface area contributed by atoms with Crippen LogP contribution in [0, 0.1) is 0 Å². The zero-order valence-corrected chi connectivity index (χ0v) is 7.12. The Morgan fingerprint density at radius 3 is 3.17 bits per heavy atom. The Morgan fingerprint density at radius 2 is 2.25 bits per heavy atom. The van der Waals surface area contributed by atoms with Crippen LogP contribution in [-0.4, -0.2) is 4.98 Å². The van der Waals surface area contributed by atoms with Gasteiger partial charge in [0.15, 0.2) is 0 Å². The molecule has 0 aromatic carbocycles. The van der Waals surface area contributed by atoms with Gasteiger partial charge in [-0.3, -0.25) is 4.98 Å². The van der Waals surface area contributed by atoms with Crippen LogP contribution in [0.5, 0.6) is 0 Å². The average molecular weight is 157 g/mol. The third-order valence-corrected chi connectivity index (χ3v) is 2.03. The highest BCUT2D eigenvalue weighted by atomic mass is 14.6. The van der Waals surface area contributed by atoms with E-state index in [1.165, 1.54) is 16.7 Å². The van der Waals surface area contributed by atoms with Crippen molar-refractivity contribution in [2.75, 3.05) is 0 Å². The van der Waals surface area contributed by atoms with E-state index in [1.807, 2.05) is 12.4 Å². The smallest absolute Gasteiger partial charge is 0.0346 e. The van der Waals surface area contributed by atoms with Gasteiger partial charge in [-0.25, -0.2) is 0 Å². The van der Waals surface area contributed by atoms with E-state index in [4.69, 9.17) is 0 Å². The number of rotatable bonds is 0. The predicted molar refractivity (Wildman–Crippen MR) is 51.5 cm³/mol. The summed E-state index contributed by atoms with van der Waals surface area (Å²) in [6, 6.07) is 2.05. The average Bonchev–Trinajstić information content (AvgIpc) is 2.25. The van der Waals surface area contributed by atoms with Crippen LogP contribution in [0.15, 0.2) is 30.1 Å². The van der Waals surface area contributed by atoms with Crippen molar-refractivity contribution in [1.82, 2.24) is 4.98 Å². The number of nitrogens with zero attached hydrogens (tertiary/aromatic N) is 1. The fraction of sp³-hybridized carbons (Fsp3) is 0.182. The monoisotopic (exact) mass is 157 g/mol. The lowest BCUT2D eigenvalue weighted by atomic mass is 10.1. The second kappa shape index (κ2) is 2.94. The van der Waals surface area contributed by atoms with Crippen LogP contribution >= 0.6 is 0 Å². The van der Waals surface area contributed by atoms with Gasteiger partial charge in [0.05, 0.1) is 0 Å². The summed E-state index contributed by atoms with van der Waals surface area (Å²) in [4.78, 5) is 4.08. The van der Waals surface area contributed by atoms with Gasteiger partial charge in [0.25, 0.3) is 0 Å². The molecule has 0 aliphatic heterocycles. The molecule has 2 rings (SSSR count). The molecule has 0 saturated carbocycles. The van der Waals surface area contributed by atoms with E-state index in [1.54, 1.807) is 0 Å². The Kier molecular flexibility index (Phi) is 1.78. The van der Waals surface area contributed by atoms with Crippen LogP contribution in [0.25, 0.3) is 12.2 Å². The van der Waals surface area contributed by atoms with Gasteiger partial charge >= 0.3 is 0 Å². The third-order valence-electron chi connectivity index (χ3n) is 2.03. The van der Waals surface area contributed by atoms with Gasteiger partial charge in [-0.15, -0.1) is 0 Å². The second-order valence-corrected chi connectivity index (χ2v) is 3.10. The summed E-state index contributed by atoms with van der Waals surface area (Å²) in [6.45, 7) is 2.15. The van der Waals surface area contributed by atoms with E-state index in [0.717, 1.165) is 6.42 Å². The molecule has 1 aliphatic rings. The SMILES string of the molecule is CC1=Cc2ccncc2C=CC1. The summed E-state index contributed by atoms with van der Waals surface area (Å²) in [7, 11) is 0. The number of allylic oxidation sites excluding steroid dienone is 2. The van der Waals surface area contributed by atoms with E-state index < -0.39 is 0 Å². The Balaban J connectivity index is 2.58. The van der Waals surface area contributed by atoms with Crippen molar-refractivity contribution in [3.8, 4) is 0 Å². The minimum absolute atomic E-state index is 1.05. The van der Waals surface area contributed by atoms with Gasteiger partial charge in [-0.05, 0) is 30.5 Å². The number of aromatic nitrogens is 1. The molecule has 0 N–H and O–H groups in total. The third kappa shape index (κ3) is 1.30. The van der Waals surface area contributed by atoms with Gasteiger partial charge in [-0.1, -0.05) is 23.8 Å². The van der Waals surface area contributed by atoms with Crippen molar-refractivity contribution < 1.29 is 0 Å². The highest BCUT2D eigenvalue weighted by Crippen LogP contribution is 2.19. The Labute approximate surface area is 72.5 Å². The largest absolute Gasteiger partial charge is 0.264 e. The number of hydrogen-bond donors (Lipinski definition) is 0. The number of hydrogen-bond acceptors (Lipinski definition) is 1. The van der Waals surface area contributed by atoms with Crippen LogP contribution in [0.1, 0.15) is 24.5 Å². The lowest BCUT2D eigenvalue weighted by Crippen LogP contribution is -1.80. The molecule has 1 heteroatoms. The molecular formula is C11H11N. The first-order valence-corrected chi connectivity index (χ1v) is 4.14. The van der Waals surface area contributed by atoms with Gasteiger partial charge in [0.1, 0.15) is 0 Å². The molecule has 0 amide bonds. The Bertz CT molecular complexity index is 348. The predicted octanol–water partition coefficient (Wildman–Crippen LogP) is 2.90. The molecule has 1 aliphatic carbocycles. The summed E-state index contributed by atoms with van der Waals surface area (Å²) < 4.78 is 0. The molecule has 60 valence electrons. The summed E-state index contributed by atoms with van der Waals surface area (Å²) in [5.41, 5.74) is 3.89. The first kappa shape index (κ1) is 7.29. The van der Waals surface area contributed by atoms with Gasteiger partial charge < -0.3 is 0 Å². The Morgan fingerprint density at radius 1 is 1.33 bits per heavy atom. The molecular weight excluding hydrogens is 146 g/mol. The number of fused-ring (bicyclic) bond motifs is 1. The molecule has 1 heterocycles. The summed E-state index contributed by atoms with van der Waals surface area (Å²) >= 11 is 0. The van der Waals surface area contributed by atoms with E-state index in [2.05, 4.69) is 36.2 Å². The van der Waals surface area contributed by atoms with Crippen LogP contribution in [0.4, 0.5) is 0 Å². The fourth-order valence-corrected chi connectivity index (χ4v) is 1.38. The fourth-order valence-electron chi connectivity index (χ4n) is 1.38. The minimum Gasteiger partial charge on any atom is -0.264 e. The van der Waals surface area contributed by atoms with Gasteiger partial charge in [0.2, 0.25) is 0 Å².